The molecule has 1 amide bonds. The molecule has 0 atom stereocenters. The van der Waals surface area contributed by atoms with Crippen molar-refractivity contribution < 1.29 is 9.53 Å². The van der Waals surface area contributed by atoms with Crippen LogP contribution < -0.4 is 10.1 Å². The van der Waals surface area contributed by atoms with Crippen LogP contribution in [-0.2, 0) is 11.3 Å². The molecule has 144 valence electrons. The topological polar surface area (TPSA) is 41.6 Å². The predicted octanol–water partition coefficient (Wildman–Crippen LogP) is 5.33. The molecule has 0 fully saturated rings. The monoisotopic (exact) mass is 374 g/mol. The van der Waals surface area contributed by atoms with Gasteiger partial charge in [0.1, 0.15) is 11.5 Å². The summed E-state index contributed by atoms with van der Waals surface area (Å²) in [5.41, 5.74) is 2.12. The average molecular weight is 374 g/mol. The minimum atomic E-state index is 0.155. The van der Waals surface area contributed by atoms with Crippen LogP contribution in [0.1, 0.15) is 18.9 Å². The first kappa shape index (κ1) is 19.5. The number of nitrogens with zero attached hydrogens (tertiary/aromatic N) is 1. The van der Waals surface area contributed by atoms with E-state index in [9.17, 15) is 4.79 Å². The lowest BCUT2D eigenvalue weighted by molar-refractivity contribution is -0.131. The first-order chi connectivity index (χ1) is 13.7. The fourth-order valence-corrected chi connectivity index (χ4v) is 2.92. The Balaban J connectivity index is 1.45. The number of nitrogens with one attached hydrogen (secondary N) is 1. The number of rotatable bonds is 9. The molecule has 28 heavy (non-hydrogen) atoms. The van der Waals surface area contributed by atoms with Crippen LogP contribution in [0.2, 0.25) is 0 Å². The second-order valence-electron chi connectivity index (χ2n) is 6.51. The van der Waals surface area contributed by atoms with Gasteiger partial charge in [0, 0.05) is 31.7 Å². The van der Waals surface area contributed by atoms with Crippen LogP contribution in [0, 0.1) is 0 Å². The molecule has 1 N–H and O–H groups in total. The second-order valence-corrected chi connectivity index (χ2v) is 6.51. The van der Waals surface area contributed by atoms with Crippen LogP contribution in [0.15, 0.2) is 84.9 Å². The summed E-state index contributed by atoms with van der Waals surface area (Å²) in [7, 11) is 0. The molecule has 0 heterocycles. The Bertz CT molecular complexity index is 849. The van der Waals surface area contributed by atoms with E-state index in [0.29, 0.717) is 26.1 Å². The lowest BCUT2D eigenvalue weighted by Gasteiger charge is -2.21. The molecular formula is C24H26N2O2. The van der Waals surface area contributed by atoms with Crippen LogP contribution in [-0.4, -0.2) is 23.9 Å². The Labute approximate surface area is 166 Å². The van der Waals surface area contributed by atoms with E-state index in [1.54, 1.807) is 0 Å². The quantitative estimate of drug-likeness (QED) is 0.550. The van der Waals surface area contributed by atoms with E-state index in [-0.39, 0.29) is 5.91 Å². The number of ether oxygens (including phenoxy) is 1. The van der Waals surface area contributed by atoms with Gasteiger partial charge in [-0.05, 0) is 48.9 Å². The number of para-hydroxylation sites is 1. The van der Waals surface area contributed by atoms with Gasteiger partial charge in [0.2, 0.25) is 5.91 Å². The maximum Gasteiger partial charge on any atom is 0.224 e. The molecule has 4 nitrogen and oxygen atoms in total. The second kappa shape index (κ2) is 10.2. The number of benzene rings is 3. The van der Waals surface area contributed by atoms with E-state index in [1.807, 2.05) is 96.8 Å². The van der Waals surface area contributed by atoms with E-state index in [4.69, 9.17) is 4.74 Å². The van der Waals surface area contributed by atoms with Crippen molar-refractivity contribution >= 4 is 11.6 Å². The standard InChI is InChI=1S/C24H26N2O2/c1-2-26(19-20-9-5-3-6-10-20)24(27)17-18-25-21-13-15-23(16-14-21)28-22-11-7-4-8-12-22/h3-16,25H,2,17-19H2,1H3. The fourth-order valence-electron chi connectivity index (χ4n) is 2.92. The van der Waals surface area contributed by atoms with Gasteiger partial charge < -0.3 is 15.0 Å². The SMILES string of the molecule is CCN(Cc1ccccc1)C(=O)CCNc1ccc(Oc2ccccc2)cc1. The van der Waals surface area contributed by atoms with Gasteiger partial charge in [-0.3, -0.25) is 4.79 Å². The van der Waals surface area contributed by atoms with E-state index < -0.39 is 0 Å². The third-order valence-electron chi connectivity index (χ3n) is 4.45. The fraction of sp³-hybridized carbons (Fsp3) is 0.208. The number of anilines is 1. The Morgan fingerprint density at radius 2 is 1.46 bits per heavy atom. The molecule has 0 bridgehead atoms. The zero-order chi connectivity index (χ0) is 19.6. The third-order valence-corrected chi connectivity index (χ3v) is 4.45. The maximum atomic E-state index is 12.5. The van der Waals surface area contributed by atoms with Crippen LogP contribution in [0.25, 0.3) is 0 Å². The van der Waals surface area contributed by atoms with Crippen molar-refractivity contribution in [1.82, 2.24) is 4.90 Å². The molecule has 0 aromatic heterocycles. The molecule has 0 radical (unpaired) electrons. The number of hydrogen-bond donors (Lipinski definition) is 1. The number of carbonyl (C=O) groups is 1. The average Bonchev–Trinajstić information content (AvgIpc) is 2.74. The molecular weight excluding hydrogens is 348 g/mol. The van der Waals surface area contributed by atoms with Crippen molar-refractivity contribution in [1.29, 1.82) is 0 Å². The first-order valence-corrected chi connectivity index (χ1v) is 9.63. The highest BCUT2D eigenvalue weighted by atomic mass is 16.5. The Morgan fingerprint density at radius 1 is 0.857 bits per heavy atom. The van der Waals surface area contributed by atoms with Gasteiger partial charge in [-0.2, -0.15) is 0 Å². The minimum Gasteiger partial charge on any atom is -0.457 e. The predicted molar refractivity (Wildman–Crippen MR) is 114 cm³/mol. The summed E-state index contributed by atoms with van der Waals surface area (Å²) >= 11 is 0. The van der Waals surface area contributed by atoms with Gasteiger partial charge in [-0.25, -0.2) is 0 Å². The third kappa shape index (κ3) is 5.88. The number of amides is 1. The zero-order valence-electron chi connectivity index (χ0n) is 16.2. The summed E-state index contributed by atoms with van der Waals surface area (Å²) in [5.74, 6) is 1.75. The number of carbonyl (C=O) groups excluding carboxylic acids is 1. The smallest absolute Gasteiger partial charge is 0.224 e. The molecule has 4 heteroatoms. The summed E-state index contributed by atoms with van der Waals surface area (Å²) in [6, 6.07) is 27.5. The summed E-state index contributed by atoms with van der Waals surface area (Å²) in [6.07, 6.45) is 0.461. The van der Waals surface area contributed by atoms with Crippen LogP contribution in [0.3, 0.4) is 0 Å². The van der Waals surface area contributed by atoms with Crippen LogP contribution >= 0.6 is 0 Å². The van der Waals surface area contributed by atoms with Gasteiger partial charge in [0.25, 0.3) is 0 Å². The highest BCUT2D eigenvalue weighted by molar-refractivity contribution is 5.76. The molecule has 0 saturated heterocycles. The van der Waals surface area contributed by atoms with Crippen molar-refractivity contribution in [2.45, 2.75) is 19.9 Å². The summed E-state index contributed by atoms with van der Waals surface area (Å²) in [6.45, 7) is 3.98. The number of hydrogen-bond acceptors (Lipinski definition) is 3. The Morgan fingerprint density at radius 3 is 2.11 bits per heavy atom. The molecule has 3 rings (SSSR count). The van der Waals surface area contributed by atoms with Gasteiger partial charge in [0.05, 0.1) is 0 Å². The Hall–Kier alpha value is -3.27. The van der Waals surface area contributed by atoms with Crippen molar-refractivity contribution in [2.24, 2.45) is 0 Å². The van der Waals surface area contributed by atoms with E-state index >= 15 is 0 Å². The van der Waals surface area contributed by atoms with E-state index in [2.05, 4.69) is 5.32 Å². The van der Waals surface area contributed by atoms with Gasteiger partial charge in [0.15, 0.2) is 0 Å². The molecule has 0 aliphatic carbocycles. The zero-order valence-corrected chi connectivity index (χ0v) is 16.2. The molecule has 0 saturated carbocycles. The first-order valence-electron chi connectivity index (χ1n) is 9.63. The van der Waals surface area contributed by atoms with Crippen LogP contribution in [0.4, 0.5) is 5.69 Å². The lowest BCUT2D eigenvalue weighted by atomic mass is 10.2. The van der Waals surface area contributed by atoms with Crippen molar-refractivity contribution in [2.75, 3.05) is 18.4 Å². The maximum absolute atomic E-state index is 12.5. The minimum absolute atomic E-state index is 0.155. The molecule has 0 aliphatic rings. The normalized spacial score (nSPS) is 10.3. The highest BCUT2D eigenvalue weighted by Gasteiger charge is 2.11. The van der Waals surface area contributed by atoms with Gasteiger partial charge in [-0.1, -0.05) is 48.5 Å². The summed E-state index contributed by atoms with van der Waals surface area (Å²) < 4.78 is 5.79. The largest absolute Gasteiger partial charge is 0.457 e. The lowest BCUT2D eigenvalue weighted by Crippen LogP contribution is -2.31. The molecule has 0 unspecified atom stereocenters. The van der Waals surface area contributed by atoms with Crippen LogP contribution in [0.5, 0.6) is 11.5 Å². The van der Waals surface area contributed by atoms with E-state index in [0.717, 1.165) is 22.7 Å². The molecule has 3 aromatic rings. The molecule has 3 aromatic carbocycles. The van der Waals surface area contributed by atoms with Crippen molar-refractivity contribution in [3.05, 3.63) is 90.5 Å². The van der Waals surface area contributed by atoms with Gasteiger partial charge in [-0.15, -0.1) is 0 Å². The van der Waals surface area contributed by atoms with Crippen molar-refractivity contribution in [3.8, 4) is 11.5 Å². The summed E-state index contributed by atoms with van der Waals surface area (Å²) in [4.78, 5) is 14.4. The van der Waals surface area contributed by atoms with Crippen molar-refractivity contribution in [3.63, 3.8) is 0 Å². The van der Waals surface area contributed by atoms with E-state index in [1.165, 1.54) is 0 Å². The Kier molecular flexibility index (Phi) is 7.08. The summed E-state index contributed by atoms with van der Waals surface area (Å²) in [5, 5.41) is 3.31. The highest BCUT2D eigenvalue weighted by Crippen LogP contribution is 2.22. The molecule has 0 spiro atoms. The van der Waals surface area contributed by atoms with Gasteiger partial charge >= 0.3 is 0 Å². The molecule has 0 aliphatic heterocycles.